The molecule has 4 rings (SSSR count). The highest BCUT2D eigenvalue weighted by atomic mass is 32.2. The first-order chi connectivity index (χ1) is 14.6. The maximum atomic E-state index is 13.3. The lowest BCUT2D eigenvalue weighted by Gasteiger charge is -2.35. The van der Waals surface area contributed by atoms with Crippen LogP contribution >= 0.6 is 11.8 Å². The van der Waals surface area contributed by atoms with Crippen LogP contribution < -0.4 is 0 Å². The number of carbonyl (C=O) groups is 1. The van der Waals surface area contributed by atoms with Crippen molar-refractivity contribution >= 4 is 28.4 Å². The fourth-order valence-corrected chi connectivity index (χ4v) is 4.72. The molecule has 0 spiro atoms. The molecule has 156 valence electrons. The quantitative estimate of drug-likeness (QED) is 0.578. The Kier molecular flexibility index (Phi) is 6.29. The van der Waals surface area contributed by atoms with E-state index in [4.69, 9.17) is 0 Å². The first-order valence-electron chi connectivity index (χ1n) is 10.3. The molecule has 0 saturated carbocycles. The zero-order chi connectivity index (χ0) is 21.1. The largest absolute Gasteiger partial charge is 0.339 e. The highest BCUT2D eigenvalue weighted by Crippen LogP contribution is 2.33. The van der Waals surface area contributed by atoms with Gasteiger partial charge in [-0.05, 0) is 37.7 Å². The van der Waals surface area contributed by atoms with Gasteiger partial charge in [-0.25, -0.2) is 4.39 Å². The minimum atomic E-state index is -0.282. The Morgan fingerprint density at radius 1 is 1.03 bits per heavy atom. The van der Waals surface area contributed by atoms with Gasteiger partial charge in [-0.15, -0.1) is 10.2 Å². The molecule has 7 heteroatoms. The summed E-state index contributed by atoms with van der Waals surface area (Å²) < 4.78 is 13.3. The van der Waals surface area contributed by atoms with Gasteiger partial charge in [0.25, 0.3) is 0 Å². The van der Waals surface area contributed by atoms with Gasteiger partial charge in [0.2, 0.25) is 5.91 Å². The first-order valence-corrected chi connectivity index (χ1v) is 11.1. The van der Waals surface area contributed by atoms with Gasteiger partial charge in [0.05, 0.1) is 5.25 Å². The maximum Gasteiger partial charge on any atom is 0.235 e. The summed E-state index contributed by atoms with van der Waals surface area (Å²) in [6.07, 6.45) is 0. The van der Waals surface area contributed by atoms with Crippen LogP contribution in [0.4, 0.5) is 4.39 Å². The molecule has 2 aromatic carbocycles. The fraction of sp³-hybridized carbons (Fsp3) is 0.348. The Morgan fingerprint density at radius 2 is 1.70 bits per heavy atom. The standard InChI is InChI=1S/C23H25FN4OS/c1-3-27-12-14-28(15-13-27)23(29)16(2)30-22-20-7-5-4-6-19(20)21(25-26-22)17-8-10-18(24)11-9-17/h4-11,16H,3,12-15H2,1-2H3/t16-/m0/s1. The van der Waals surface area contributed by atoms with E-state index < -0.39 is 0 Å². The predicted molar refractivity (Wildman–Crippen MR) is 119 cm³/mol. The van der Waals surface area contributed by atoms with Gasteiger partial charge >= 0.3 is 0 Å². The van der Waals surface area contributed by atoms with Crippen molar-refractivity contribution in [3.8, 4) is 11.3 Å². The molecule has 0 bridgehead atoms. The number of benzene rings is 2. The Hall–Kier alpha value is -2.51. The van der Waals surface area contributed by atoms with Gasteiger partial charge in [-0.2, -0.15) is 0 Å². The van der Waals surface area contributed by atoms with Crippen LogP contribution in [-0.4, -0.2) is 63.9 Å². The van der Waals surface area contributed by atoms with Crippen LogP contribution in [0, 0.1) is 5.82 Å². The molecule has 5 nitrogen and oxygen atoms in total. The van der Waals surface area contributed by atoms with Crippen LogP contribution in [-0.2, 0) is 4.79 Å². The molecule has 1 aliphatic heterocycles. The number of hydrogen-bond acceptors (Lipinski definition) is 5. The number of likely N-dealkylation sites (N-methyl/N-ethyl adjacent to an activating group) is 1. The number of fused-ring (bicyclic) bond motifs is 1. The number of carbonyl (C=O) groups excluding carboxylic acids is 1. The molecule has 0 aliphatic carbocycles. The van der Waals surface area contributed by atoms with Crippen LogP contribution in [0.15, 0.2) is 53.6 Å². The highest BCUT2D eigenvalue weighted by molar-refractivity contribution is 8.00. The number of halogens is 1. The SMILES string of the molecule is CCN1CCN(C(=O)[C@H](C)Sc2nnc(-c3ccc(F)cc3)c3ccccc23)CC1. The van der Waals surface area contributed by atoms with Crippen LogP contribution in [0.5, 0.6) is 0 Å². The van der Waals surface area contributed by atoms with Crippen molar-refractivity contribution in [2.75, 3.05) is 32.7 Å². The molecular formula is C23H25FN4OS. The minimum Gasteiger partial charge on any atom is -0.339 e. The second kappa shape index (κ2) is 9.10. The topological polar surface area (TPSA) is 49.3 Å². The number of piperazine rings is 1. The summed E-state index contributed by atoms with van der Waals surface area (Å²) in [5, 5.41) is 11.3. The fourth-order valence-electron chi connectivity index (χ4n) is 3.75. The number of thioether (sulfide) groups is 1. The molecule has 1 fully saturated rings. The Balaban J connectivity index is 1.57. The maximum absolute atomic E-state index is 13.3. The summed E-state index contributed by atoms with van der Waals surface area (Å²) in [6.45, 7) is 8.50. The molecule has 1 atom stereocenters. The van der Waals surface area contributed by atoms with Gasteiger partial charge in [0.15, 0.2) is 0 Å². The van der Waals surface area contributed by atoms with E-state index in [9.17, 15) is 9.18 Å². The molecule has 0 N–H and O–H groups in total. The van der Waals surface area contributed by atoms with Crippen molar-refractivity contribution in [2.45, 2.75) is 24.1 Å². The number of aromatic nitrogens is 2. The zero-order valence-corrected chi connectivity index (χ0v) is 18.0. The van der Waals surface area contributed by atoms with E-state index in [1.807, 2.05) is 36.1 Å². The molecule has 1 aromatic heterocycles. The molecule has 0 radical (unpaired) electrons. The Morgan fingerprint density at radius 3 is 2.37 bits per heavy atom. The summed E-state index contributed by atoms with van der Waals surface area (Å²) in [7, 11) is 0. The molecule has 1 aliphatic rings. The lowest BCUT2D eigenvalue weighted by atomic mass is 10.1. The lowest BCUT2D eigenvalue weighted by molar-refractivity contribution is -0.132. The van der Waals surface area contributed by atoms with Crippen molar-refractivity contribution in [3.05, 3.63) is 54.3 Å². The van der Waals surface area contributed by atoms with Crippen LogP contribution in [0.25, 0.3) is 22.0 Å². The minimum absolute atomic E-state index is 0.143. The molecule has 2 heterocycles. The summed E-state index contributed by atoms with van der Waals surface area (Å²) in [5.74, 6) is -0.139. The van der Waals surface area contributed by atoms with Gasteiger partial charge in [0.1, 0.15) is 16.5 Å². The summed E-state index contributed by atoms with van der Waals surface area (Å²) in [4.78, 5) is 17.3. The van der Waals surface area contributed by atoms with E-state index in [0.717, 1.165) is 54.1 Å². The Bertz CT molecular complexity index is 1040. The Labute approximate surface area is 180 Å². The van der Waals surface area contributed by atoms with Crippen LogP contribution in [0.3, 0.4) is 0 Å². The molecule has 30 heavy (non-hydrogen) atoms. The molecule has 3 aromatic rings. The molecular weight excluding hydrogens is 399 g/mol. The van der Waals surface area contributed by atoms with Crippen molar-refractivity contribution in [2.24, 2.45) is 0 Å². The van der Waals surface area contributed by atoms with Crippen molar-refractivity contribution in [1.29, 1.82) is 0 Å². The number of nitrogens with zero attached hydrogens (tertiary/aromatic N) is 4. The van der Waals surface area contributed by atoms with Crippen LogP contribution in [0.1, 0.15) is 13.8 Å². The average Bonchev–Trinajstić information content (AvgIpc) is 2.79. The smallest absolute Gasteiger partial charge is 0.235 e. The number of amides is 1. The van der Waals surface area contributed by atoms with Gasteiger partial charge in [0, 0.05) is 42.5 Å². The van der Waals surface area contributed by atoms with Gasteiger partial charge in [-0.1, -0.05) is 43.0 Å². The monoisotopic (exact) mass is 424 g/mol. The summed E-state index contributed by atoms with van der Waals surface area (Å²) in [5.41, 5.74) is 1.53. The summed E-state index contributed by atoms with van der Waals surface area (Å²) in [6, 6.07) is 14.2. The third-order valence-corrected chi connectivity index (χ3v) is 6.62. The predicted octanol–water partition coefficient (Wildman–Crippen LogP) is 4.08. The number of hydrogen-bond donors (Lipinski definition) is 0. The van der Waals surface area contributed by atoms with E-state index in [-0.39, 0.29) is 17.0 Å². The van der Waals surface area contributed by atoms with Gasteiger partial charge < -0.3 is 9.80 Å². The third kappa shape index (κ3) is 4.32. The molecule has 1 saturated heterocycles. The van der Waals surface area contributed by atoms with Crippen molar-refractivity contribution < 1.29 is 9.18 Å². The molecule has 0 unspecified atom stereocenters. The van der Waals surface area contributed by atoms with E-state index in [0.29, 0.717) is 5.69 Å². The van der Waals surface area contributed by atoms with E-state index in [1.165, 1.54) is 23.9 Å². The second-order valence-corrected chi connectivity index (χ2v) is 8.76. The van der Waals surface area contributed by atoms with E-state index >= 15 is 0 Å². The van der Waals surface area contributed by atoms with E-state index in [2.05, 4.69) is 22.0 Å². The third-order valence-electron chi connectivity index (χ3n) is 5.54. The van der Waals surface area contributed by atoms with E-state index in [1.54, 1.807) is 12.1 Å². The second-order valence-electron chi connectivity index (χ2n) is 7.43. The van der Waals surface area contributed by atoms with Crippen LogP contribution in [0.2, 0.25) is 0 Å². The average molecular weight is 425 g/mol. The zero-order valence-electron chi connectivity index (χ0n) is 17.2. The number of rotatable bonds is 5. The van der Waals surface area contributed by atoms with Crippen molar-refractivity contribution in [3.63, 3.8) is 0 Å². The van der Waals surface area contributed by atoms with Gasteiger partial charge in [-0.3, -0.25) is 4.79 Å². The summed E-state index contributed by atoms with van der Waals surface area (Å²) >= 11 is 1.45. The van der Waals surface area contributed by atoms with Crippen molar-refractivity contribution in [1.82, 2.24) is 20.0 Å². The lowest BCUT2D eigenvalue weighted by Crippen LogP contribution is -2.50. The highest BCUT2D eigenvalue weighted by Gasteiger charge is 2.26. The normalized spacial score (nSPS) is 16.0. The first kappa shape index (κ1) is 20.8. The molecule has 1 amide bonds.